The molecule has 1 fully saturated rings. The number of benzene rings is 2. The van der Waals surface area contributed by atoms with Crippen molar-refractivity contribution in [2.24, 2.45) is 0 Å². The van der Waals surface area contributed by atoms with Crippen molar-refractivity contribution in [3.05, 3.63) is 53.3 Å². The van der Waals surface area contributed by atoms with Gasteiger partial charge in [-0.05, 0) is 37.1 Å². The smallest absolute Gasteiger partial charge is 0.243 e. The molecule has 0 amide bonds. The number of hydrogen-bond acceptors (Lipinski definition) is 5. The molecule has 4 rings (SSSR count). The van der Waals surface area contributed by atoms with Gasteiger partial charge in [-0.25, -0.2) is 26.6 Å². The molecule has 1 atom stereocenters. The van der Waals surface area contributed by atoms with Crippen LogP contribution in [0.25, 0.3) is 11.0 Å². The standard InChI is InChI=1S/C23H26F3N3O3S2/c1-3-28(4-2)34(30,31)17-8-10-20-19(12-17)27-23(29(20)13-16-6-5-11-32-16)33-14-15-7-9-18(24)22(26)21(15)25/h7-10,12,16H,3-6,11,13-14H2,1-2H3. The number of rotatable bonds is 9. The maximum atomic E-state index is 14.2. The third-order valence-electron chi connectivity index (χ3n) is 5.91. The summed E-state index contributed by atoms with van der Waals surface area (Å²) in [6, 6.07) is 6.93. The van der Waals surface area contributed by atoms with Crippen LogP contribution in [0.4, 0.5) is 13.2 Å². The average molecular weight is 514 g/mol. The second-order valence-corrected chi connectivity index (χ2v) is 10.9. The van der Waals surface area contributed by atoms with E-state index in [4.69, 9.17) is 4.74 Å². The highest BCUT2D eigenvalue weighted by Crippen LogP contribution is 2.31. The van der Waals surface area contributed by atoms with Crippen molar-refractivity contribution in [3.63, 3.8) is 0 Å². The molecule has 34 heavy (non-hydrogen) atoms. The van der Waals surface area contributed by atoms with Crippen molar-refractivity contribution < 1.29 is 26.3 Å². The zero-order chi connectivity index (χ0) is 24.5. The summed E-state index contributed by atoms with van der Waals surface area (Å²) < 4.78 is 76.1. The average Bonchev–Trinajstić information content (AvgIpc) is 3.45. The Balaban J connectivity index is 1.71. The molecule has 2 heterocycles. The van der Waals surface area contributed by atoms with Crippen LogP contribution < -0.4 is 0 Å². The summed E-state index contributed by atoms with van der Waals surface area (Å²) in [5.41, 5.74) is 1.23. The number of fused-ring (bicyclic) bond motifs is 1. The lowest BCUT2D eigenvalue weighted by atomic mass is 10.2. The normalized spacial score (nSPS) is 16.7. The van der Waals surface area contributed by atoms with Crippen molar-refractivity contribution in [2.45, 2.75) is 55.1 Å². The fourth-order valence-electron chi connectivity index (χ4n) is 4.06. The van der Waals surface area contributed by atoms with Gasteiger partial charge in [0.05, 0.1) is 28.6 Å². The summed E-state index contributed by atoms with van der Waals surface area (Å²) in [6.07, 6.45) is 1.82. The van der Waals surface area contributed by atoms with Crippen molar-refractivity contribution in [3.8, 4) is 0 Å². The number of halogens is 3. The molecule has 3 aromatic rings. The van der Waals surface area contributed by atoms with E-state index in [0.717, 1.165) is 24.4 Å². The molecule has 1 aliphatic rings. The van der Waals surface area contributed by atoms with Gasteiger partial charge in [0.2, 0.25) is 10.0 Å². The lowest BCUT2D eigenvalue weighted by molar-refractivity contribution is 0.0960. The SMILES string of the molecule is CCN(CC)S(=O)(=O)c1ccc2c(c1)nc(SCc1ccc(F)c(F)c1F)n2CC1CCCO1. The molecule has 1 unspecified atom stereocenters. The number of sulfonamides is 1. The van der Waals surface area contributed by atoms with Gasteiger partial charge in [0, 0.05) is 31.0 Å². The highest BCUT2D eigenvalue weighted by Gasteiger charge is 2.25. The zero-order valence-corrected chi connectivity index (χ0v) is 20.6. The number of aromatic nitrogens is 2. The van der Waals surface area contributed by atoms with Crippen molar-refractivity contribution >= 4 is 32.8 Å². The van der Waals surface area contributed by atoms with E-state index in [9.17, 15) is 21.6 Å². The van der Waals surface area contributed by atoms with E-state index >= 15 is 0 Å². The summed E-state index contributed by atoms with van der Waals surface area (Å²) in [4.78, 5) is 4.77. The van der Waals surface area contributed by atoms with E-state index in [1.807, 2.05) is 4.57 Å². The van der Waals surface area contributed by atoms with Crippen LogP contribution in [-0.4, -0.2) is 48.1 Å². The summed E-state index contributed by atoms with van der Waals surface area (Å²) >= 11 is 1.17. The van der Waals surface area contributed by atoms with E-state index in [0.29, 0.717) is 36.9 Å². The van der Waals surface area contributed by atoms with Crippen molar-refractivity contribution in [2.75, 3.05) is 19.7 Å². The minimum Gasteiger partial charge on any atom is -0.376 e. The van der Waals surface area contributed by atoms with Gasteiger partial charge in [-0.1, -0.05) is 31.7 Å². The second kappa shape index (κ2) is 10.3. The van der Waals surface area contributed by atoms with E-state index in [1.54, 1.807) is 26.0 Å². The van der Waals surface area contributed by atoms with Crippen LogP contribution in [0.1, 0.15) is 32.3 Å². The van der Waals surface area contributed by atoms with Gasteiger partial charge in [-0.15, -0.1) is 0 Å². The van der Waals surface area contributed by atoms with Crippen LogP contribution in [0, 0.1) is 17.5 Å². The highest BCUT2D eigenvalue weighted by atomic mass is 32.2. The molecule has 0 N–H and O–H groups in total. The molecule has 0 spiro atoms. The summed E-state index contributed by atoms with van der Waals surface area (Å²) in [5.74, 6) is -3.93. The number of thioether (sulfide) groups is 1. The molecule has 2 aromatic carbocycles. The number of nitrogens with zero attached hydrogens (tertiary/aromatic N) is 3. The van der Waals surface area contributed by atoms with Crippen LogP contribution in [0.5, 0.6) is 0 Å². The molecule has 0 radical (unpaired) electrons. The molecule has 1 saturated heterocycles. The van der Waals surface area contributed by atoms with Crippen LogP contribution in [-0.2, 0) is 27.1 Å². The summed E-state index contributed by atoms with van der Waals surface area (Å²) in [5, 5.41) is 0.520. The first-order valence-corrected chi connectivity index (χ1v) is 13.6. The summed E-state index contributed by atoms with van der Waals surface area (Å²) in [6.45, 7) is 5.44. The molecule has 6 nitrogen and oxygen atoms in total. The summed E-state index contributed by atoms with van der Waals surface area (Å²) in [7, 11) is -3.66. The predicted octanol–water partition coefficient (Wildman–Crippen LogP) is 4.96. The number of hydrogen-bond donors (Lipinski definition) is 0. The molecule has 1 aliphatic heterocycles. The first-order chi connectivity index (χ1) is 16.3. The lowest BCUT2D eigenvalue weighted by Crippen LogP contribution is -2.30. The lowest BCUT2D eigenvalue weighted by Gasteiger charge is -2.18. The molecular formula is C23H26F3N3O3S2. The minimum absolute atomic E-state index is 0.0177. The van der Waals surface area contributed by atoms with Gasteiger partial charge in [-0.2, -0.15) is 4.31 Å². The third kappa shape index (κ3) is 4.84. The predicted molar refractivity (Wildman–Crippen MR) is 125 cm³/mol. The van der Waals surface area contributed by atoms with Gasteiger partial charge in [0.1, 0.15) is 0 Å². The maximum absolute atomic E-state index is 14.2. The van der Waals surface area contributed by atoms with Crippen LogP contribution in [0.15, 0.2) is 40.4 Å². The van der Waals surface area contributed by atoms with Crippen LogP contribution >= 0.6 is 11.8 Å². The van der Waals surface area contributed by atoms with E-state index in [1.165, 1.54) is 28.2 Å². The minimum atomic E-state index is -3.66. The first-order valence-electron chi connectivity index (χ1n) is 11.1. The van der Waals surface area contributed by atoms with E-state index < -0.39 is 27.5 Å². The Labute approximate surface area is 201 Å². The highest BCUT2D eigenvalue weighted by molar-refractivity contribution is 7.98. The molecule has 0 saturated carbocycles. The number of ether oxygens (including phenoxy) is 1. The molecule has 0 aliphatic carbocycles. The van der Waals surface area contributed by atoms with Gasteiger partial charge >= 0.3 is 0 Å². The topological polar surface area (TPSA) is 64.4 Å². The molecule has 11 heteroatoms. The first kappa shape index (κ1) is 25.0. The molecule has 1 aromatic heterocycles. The van der Waals surface area contributed by atoms with E-state index in [2.05, 4.69) is 4.98 Å². The van der Waals surface area contributed by atoms with Crippen molar-refractivity contribution in [1.29, 1.82) is 0 Å². The van der Waals surface area contributed by atoms with Gasteiger partial charge in [-0.3, -0.25) is 0 Å². The second-order valence-electron chi connectivity index (χ2n) is 8.00. The van der Waals surface area contributed by atoms with Crippen LogP contribution in [0.3, 0.4) is 0 Å². The van der Waals surface area contributed by atoms with Crippen LogP contribution in [0.2, 0.25) is 0 Å². The number of imidazole rings is 1. The Kier molecular flexibility index (Phi) is 7.56. The maximum Gasteiger partial charge on any atom is 0.243 e. The van der Waals surface area contributed by atoms with Gasteiger partial charge in [0.25, 0.3) is 0 Å². The van der Waals surface area contributed by atoms with Gasteiger partial charge < -0.3 is 9.30 Å². The third-order valence-corrected chi connectivity index (χ3v) is 8.98. The monoisotopic (exact) mass is 513 g/mol. The van der Waals surface area contributed by atoms with Gasteiger partial charge in [0.15, 0.2) is 22.6 Å². The Morgan fingerprint density at radius 2 is 1.91 bits per heavy atom. The Morgan fingerprint density at radius 1 is 1.15 bits per heavy atom. The Morgan fingerprint density at radius 3 is 2.59 bits per heavy atom. The molecule has 0 bridgehead atoms. The largest absolute Gasteiger partial charge is 0.376 e. The Bertz CT molecular complexity index is 1290. The molecular weight excluding hydrogens is 487 g/mol. The van der Waals surface area contributed by atoms with Crippen molar-refractivity contribution in [1.82, 2.24) is 13.9 Å². The van der Waals surface area contributed by atoms with E-state index in [-0.39, 0.29) is 22.3 Å². The fourth-order valence-corrected chi connectivity index (χ4v) is 6.54. The molecule has 184 valence electrons. The quantitative estimate of drug-likeness (QED) is 0.299. The zero-order valence-electron chi connectivity index (χ0n) is 18.9. The Hall–Kier alpha value is -2.08. The fraction of sp³-hybridized carbons (Fsp3) is 0.435.